The molecule has 2 N–H and O–H groups in total. The number of thiocarbonyl (C=S) groups is 1. The van der Waals surface area contributed by atoms with Crippen molar-refractivity contribution in [3.05, 3.63) is 103 Å². The third kappa shape index (κ3) is 8.43. The molecule has 3 heterocycles. The van der Waals surface area contributed by atoms with Gasteiger partial charge in [0.2, 0.25) is 5.91 Å². The van der Waals surface area contributed by atoms with Gasteiger partial charge in [0.15, 0.2) is 16.7 Å². The highest BCUT2D eigenvalue weighted by atomic mass is 32.1. The average molecular weight is 657 g/mol. The van der Waals surface area contributed by atoms with E-state index in [0.29, 0.717) is 18.0 Å². The molecule has 0 bridgehead atoms. The minimum absolute atomic E-state index is 0.0575. The van der Waals surface area contributed by atoms with Crippen LogP contribution in [0.4, 0.5) is 10.1 Å². The van der Waals surface area contributed by atoms with Crippen LogP contribution in [-0.2, 0) is 16.0 Å². The van der Waals surface area contributed by atoms with Crippen LogP contribution in [0.1, 0.15) is 12.0 Å². The normalized spacial score (nSPS) is 13.3. The van der Waals surface area contributed by atoms with Crippen molar-refractivity contribution < 1.29 is 23.4 Å². The Balaban J connectivity index is 1.05. The van der Waals surface area contributed by atoms with Crippen LogP contribution in [0.5, 0.6) is 17.2 Å². The van der Waals surface area contributed by atoms with Crippen molar-refractivity contribution in [2.45, 2.75) is 12.8 Å². The summed E-state index contributed by atoms with van der Waals surface area (Å²) in [5.74, 6) is 0.552. The summed E-state index contributed by atoms with van der Waals surface area (Å²) in [4.78, 5) is 20.2. The zero-order valence-corrected chi connectivity index (χ0v) is 26.7. The number of hydrogen-bond donors (Lipinski definition) is 2. The number of halogens is 1. The van der Waals surface area contributed by atoms with Crippen LogP contribution >= 0.6 is 23.6 Å². The van der Waals surface area contributed by atoms with E-state index < -0.39 is 5.82 Å². The molecule has 0 saturated carbocycles. The first-order chi connectivity index (χ1) is 22.5. The van der Waals surface area contributed by atoms with E-state index in [1.54, 1.807) is 18.3 Å². The highest BCUT2D eigenvalue weighted by molar-refractivity contribution is 7.80. The van der Waals surface area contributed by atoms with E-state index in [4.69, 9.17) is 26.4 Å². The number of nitrogens with one attached hydrogen (secondary N) is 2. The molecule has 46 heavy (non-hydrogen) atoms. The van der Waals surface area contributed by atoms with Crippen LogP contribution in [0, 0.1) is 5.82 Å². The molecule has 8 nitrogen and oxygen atoms in total. The smallest absolute Gasteiger partial charge is 0.230 e. The summed E-state index contributed by atoms with van der Waals surface area (Å²) in [6.45, 7) is 5.25. The van der Waals surface area contributed by atoms with Gasteiger partial charge in [-0.1, -0.05) is 30.3 Å². The molecule has 236 valence electrons. The number of ether oxygens (including phenoxy) is 3. The molecule has 5 aromatic rings. The maximum atomic E-state index is 15.1. The molecule has 0 unspecified atom stereocenters. The fourth-order valence-electron chi connectivity index (χ4n) is 5.05. The maximum Gasteiger partial charge on any atom is 0.230 e. The number of anilines is 1. The first kappa shape index (κ1) is 31.6. The number of morpholine rings is 1. The minimum atomic E-state index is -0.578. The van der Waals surface area contributed by atoms with E-state index in [1.807, 2.05) is 60.7 Å². The van der Waals surface area contributed by atoms with Crippen molar-refractivity contribution in [3.63, 3.8) is 0 Å². The molecule has 0 spiro atoms. The number of hydrogen-bond acceptors (Lipinski definition) is 8. The van der Waals surface area contributed by atoms with Crippen molar-refractivity contribution in [1.82, 2.24) is 15.2 Å². The van der Waals surface area contributed by atoms with Gasteiger partial charge in [-0.05, 0) is 72.2 Å². The second-order valence-electron chi connectivity index (χ2n) is 10.7. The van der Waals surface area contributed by atoms with E-state index in [1.165, 1.54) is 23.5 Å². The fraction of sp³-hybridized carbons (Fsp3) is 0.229. The molecule has 1 fully saturated rings. The number of fused-ring (bicyclic) bond motifs is 1. The Hall–Kier alpha value is -4.42. The predicted molar refractivity (Wildman–Crippen MR) is 183 cm³/mol. The molecule has 1 aliphatic heterocycles. The highest BCUT2D eigenvalue weighted by Gasteiger charge is 2.15. The Morgan fingerprint density at radius 2 is 1.80 bits per heavy atom. The van der Waals surface area contributed by atoms with E-state index >= 15 is 4.39 Å². The van der Waals surface area contributed by atoms with Gasteiger partial charge in [0.25, 0.3) is 0 Å². The van der Waals surface area contributed by atoms with Gasteiger partial charge in [0.1, 0.15) is 11.5 Å². The van der Waals surface area contributed by atoms with Crippen LogP contribution in [0.15, 0.2) is 91.1 Å². The quantitative estimate of drug-likeness (QED) is 0.116. The molecule has 0 atom stereocenters. The van der Waals surface area contributed by atoms with Gasteiger partial charge in [-0.25, -0.2) is 4.39 Å². The number of benzene rings is 3. The summed E-state index contributed by atoms with van der Waals surface area (Å²) in [5, 5.41) is 5.56. The second kappa shape index (κ2) is 15.2. The van der Waals surface area contributed by atoms with Crippen molar-refractivity contribution in [2.75, 3.05) is 44.8 Å². The number of thiophene rings is 1. The lowest BCUT2D eigenvalue weighted by molar-refractivity contribution is -0.119. The van der Waals surface area contributed by atoms with Gasteiger partial charge in [-0.15, -0.1) is 11.3 Å². The fourth-order valence-corrected chi connectivity index (χ4v) is 6.35. The zero-order valence-electron chi connectivity index (χ0n) is 25.0. The molecule has 0 radical (unpaired) electrons. The third-order valence-corrected chi connectivity index (χ3v) is 8.77. The van der Waals surface area contributed by atoms with Crippen molar-refractivity contribution in [2.24, 2.45) is 0 Å². The molecule has 1 amide bonds. The molecule has 1 saturated heterocycles. The Kier molecular flexibility index (Phi) is 10.5. The number of aromatic nitrogens is 1. The number of amides is 1. The van der Waals surface area contributed by atoms with Crippen molar-refractivity contribution in [1.29, 1.82) is 0 Å². The molecule has 6 rings (SSSR count). The molecule has 2 aromatic heterocycles. The summed E-state index contributed by atoms with van der Waals surface area (Å²) in [5.41, 5.74) is 3.05. The number of pyridine rings is 1. The van der Waals surface area contributed by atoms with E-state index in [9.17, 15) is 4.79 Å². The van der Waals surface area contributed by atoms with Gasteiger partial charge >= 0.3 is 0 Å². The van der Waals surface area contributed by atoms with Gasteiger partial charge in [-0.2, -0.15) is 0 Å². The van der Waals surface area contributed by atoms with Crippen LogP contribution in [0.25, 0.3) is 20.7 Å². The molecule has 0 aliphatic carbocycles. The largest absolute Gasteiger partial charge is 0.494 e. The summed E-state index contributed by atoms with van der Waals surface area (Å²) in [6.07, 6.45) is 2.80. The number of nitrogens with zero attached hydrogens (tertiary/aromatic N) is 2. The third-order valence-electron chi connectivity index (χ3n) is 7.38. The first-order valence-corrected chi connectivity index (χ1v) is 16.3. The monoisotopic (exact) mass is 656 g/mol. The minimum Gasteiger partial charge on any atom is -0.494 e. The summed E-state index contributed by atoms with van der Waals surface area (Å²) in [7, 11) is 0. The van der Waals surface area contributed by atoms with E-state index in [2.05, 4.69) is 20.5 Å². The second-order valence-corrected chi connectivity index (χ2v) is 12.2. The Morgan fingerprint density at radius 1 is 1.00 bits per heavy atom. The lowest BCUT2D eigenvalue weighted by Gasteiger charge is -2.26. The van der Waals surface area contributed by atoms with Crippen LogP contribution < -0.4 is 20.1 Å². The number of rotatable bonds is 11. The molecule has 3 aromatic carbocycles. The predicted octanol–water partition coefficient (Wildman–Crippen LogP) is 7.05. The van der Waals surface area contributed by atoms with Crippen molar-refractivity contribution in [3.8, 4) is 27.7 Å². The van der Waals surface area contributed by atoms with Crippen LogP contribution in [0.3, 0.4) is 0 Å². The summed E-state index contributed by atoms with van der Waals surface area (Å²) in [6, 6.07) is 25.5. The van der Waals surface area contributed by atoms with Crippen molar-refractivity contribution >= 4 is 50.5 Å². The van der Waals surface area contributed by atoms with Gasteiger partial charge in [0.05, 0.1) is 36.5 Å². The lowest BCUT2D eigenvalue weighted by Crippen LogP contribution is -2.37. The molecule has 1 aliphatic rings. The average Bonchev–Trinajstić information content (AvgIpc) is 3.51. The van der Waals surface area contributed by atoms with Gasteiger partial charge < -0.3 is 24.8 Å². The molecular formula is C35H33FN4O4S2. The Morgan fingerprint density at radius 3 is 2.59 bits per heavy atom. The van der Waals surface area contributed by atoms with E-state index in [0.717, 1.165) is 71.2 Å². The first-order valence-electron chi connectivity index (χ1n) is 15.0. The standard InChI is InChI=1S/C35H33FN4O4S2/c36-28-22-26(38-35(45)39-33(41)21-24-5-2-1-3-6-24)9-12-30(28)44-31-13-14-37-29-23-32(46-34(29)31)25-7-10-27(11-8-25)43-18-4-15-40-16-19-42-20-17-40/h1-3,5-14,22-23H,4,15-21H2,(H2,38,39,41,45). The molecular weight excluding hydrogens is 624 g/mol. The number of carbonyl (C=O) groups excluding carboxylic acids is 1. The molecule has 11 heteroatoms. The topological polar surface area (TPSA) is 85.0 Å². The van der Waals surface area contributed by atoms with E-state index in [-0.39, 0.29) is 23.2 Å². The lowest BCUT2D eigenvalue weighted by atomic mass is 10.1. The highest BCUT2D eigenvalue weighted by Crippen LogP contribution is 2.40. The number of carbonyl (C=O) groups is 1. The van der Waals surface area contributed by atoms with Crippen LogP contribution in [0.2, 0.25) is 0 Å². The SMILES string of the molecule is O=C(Cc1ccccc1)NC(=S)Nc1ccc(Oc2ccnc3cc(-c4ccc(OCCCN5CCOCC5)cc4)sc23)c(F)c1. The summed E-state index contributed by atoms with van der Waals surface area (Å²) >= 11 is 6.77. The zero-order chi connectivity index (χ0) is 31.7. The van der Waals surface area contributed by atoms with Gasteiger partial charge in [0, 0.05) is 48.5 Å². The van der Waals surface area contributed by atoms with Gasteiger partial charge in [-0.3, -0.25) is 14.7 Å². The Bertz CT molecular complexity index is 1790. The van der Waals surface area contributed by atoms with Crippen LogP contribution in [-0.4, -0.2) is 60.4 Å². The summed E-state index contributed by atoms with van der Waals surface area (Å²) < 4.78 is 33.3. The Labute approximate surface area is 276 Å². The maximum absolute atomic E-state index is 15.1.